The Hall–Kier alpha value is 0.170. The highest BCUT2D eigenvalue weighted by Gasteiger charge is 2.03. The number of nitrogens with zero attached hydrogens (tertiary/aromatic N) is 1. The van der Waals surface area contributed by atoms with E-state index in [1.807, 2.05) is 13.0 Å². The van der Waals surface area contributed by atoms with Crippen LogP contribution in [-0.2, 0) is 6.54 Å². The summed E-state index contributed by atoms with van der Waals surface area (Å²) in [6.07, 6.45) is 0. The molecule has 0 aromatic carbocycles. The molecule has 0 aliphatic carbocycles. The Balaban J connectivity index is 0.00000121. The Morgan fingerprint density at radius 2 is 2.25 bits per heavy atom. The average molecular weight is 272 g/mol. The van der Waals surface area contributed by atoms with E-state index >= 15 is 0 Å². The first kappa shape index (κ1) is 12.2. The van der Waals surface area contributed by atoms with Gasteiger partial charge in [-0.3, -0.25) is 0 Å². The van der Waals surface area contributed by atoms with Crippen molar-refractivity contribution >= 4 is 39.9 Å². The summed E-state index contributed by atoms with van der Waals surface area (Å²) in [4.78, 5) is 4.15. The van der Waals surface area contributed by atoms with Crippen molar-refractivity contribution in [3.63, 3.8) is 0 Å². The fourth-order valence-corrected chi connectivity index (χ4v) is 1.35. The first-order valence-electron chi connectivity index (χ1n) is 3.16. The first-order chi connectivity index (χ1) is 5.15. The predicted octanol–water partition coefficient (Wildman–Crippen LogP) is 2.69. The van der Waals surface area contributed by atoms with E-state index in [-0.39, 0.29) is 12.4 Å². The molecule has 0 unspecified atom stereocenters. The van der Waals surface area contributed by atoms with Gasteiger partial charge in [0.05, 0.1) is 10.7 Å². The zero-order chi connectivity index (χ0) is 8.43. The van der Waals surface area contributed by atoms with Crippen LogP contribution < -0.4 is 5.73 Å². The van der Waals surface area contributed by atoms with Gasteiger partial charge >= 0.3 is 0 Å². The zero-order valence-corrected chi connectivity index (χ0v) is 9.63. The third kappa shape index (κ3) is 2.59. The van der Waals surface area contributed by atoms with Crippen LogP contribution in [0.15, 0.2) is 10.7 Å². The van der Waals surface area contributed by atoms with Gasteiger partial charge in [-0.2, -0.15) is 0 Å². The molecular weight excluding hydrogens is 263 g/mol. The van der Waals surface area contributed by atoms with Gasteiger partial charge in [0.15, 0.2) is 0 Å². The fraction of sp³-hybridized carbons (Fsp3) is 0.286. The Labute approximate surface area is 91.0 Å². The van der Waals surface area contributed by atoms with Gasteiger partial charge in [0, 0.05) is 6.54 Å². The fourth-order valence-electron chi connectivity index (χ4n) is 0.736. The van der Waals surface area contributed by atoms with E-state index in [0.29, 0.717) is 11.6 Å². The maximum atomic E-state index is 5.84. The Morgan fingerprint density at radius 3 is 2.75 bits per heavy atom. The van der Waals surface area contributed by atoms with E-state index in [2.05, 4.69) is 20.9 Å². The maximum absolute atomic E-state index is 5.84. The smallest absolute Gasteiger partial charge is 0.109 e. The molecule has 0 fully saturated rings. The van der Waals surface area contributed by atoms with Crippen molar-refractivity contribution in [2.24, 2.45) is 5.73 Å². The van der Waals surface area contributed by atoms with Crippen LogP contribution in [0.1, 0.15) is 11.3 Å². The van der Waals surface area contributed by atoms with Crippen molar-refractivity contribution in [3.8, 4) is 0 Å². The number of rotatable bonds is 1. The van der Waals surface area contributed by atoms with Crippen LogP contribution in [-0.4, -0.2) is 4.98 Å². The van der Waals surface area contributed by atoms with E-state index in [0.717, 1.165) is 15.9 Å². The molecule has 5 heteroatoms. The average Bonchev–Trinajstić information content (AvgIpc) is 1.97. The van der Waals surface area contributed by atoms with E-state index < -0.39 is 0 Å². The lowest BCUT2D eigenvalue weighted by atomic mass is 10.3. The molecule has 0 radical (unpaired) electrons. The lowest BCUT2D eigenvalue weighted by molar-refractivity contribution is 0.972. The molecule has 0 atom stereocenters. The van der Waals surface area contributed by atoms with Crippen LogP contribution in [0.25, 0.3) is 0 Å². The molecule has 1 rings (SSSR count). The Morgan fingerprint density at radius 1 is 1.67 bits per heavy atom. The highest BCUT2D eigenvalue weighted by Crippen LogP contribution is 2.20. The standard InChI is InChI=1S/C7H8BrClN2.ClH/c1-4-2-5(9)6(3-10)11-7(4)8;/h2H,3,10H2,1H3;1H. The molecule has 0 aliphatic heterocycles. The monoisotopic (exact) mass is 270 g/mol. The molecule has 2 N–H and O–H groups in total. The molecule has 0 aliphatic rings. The lowest BCUT2D eigenvalue weighted by Crippen LogP contribution is -2.01. The lowest BCUT2D eigenvalue weighted by Gasteiger charge is -2.02. The van der Waals surface area contributed by atoms with E-state index in [4.69, 9.17) is 17.3 Å². The van der Waals surface area contributed by atoms with Crippen LogP contribution in [0, 0.1) is 6.92 Å². The third-order valence-corrected chi connectivity index (χ3v) is 2.50. The second kappa shape index (κ2) is 5.02. The summed E-state index contributed by atoms with van der Waals surface area (Å²) in [5.74, 6) is 0. The molecular formula is C7H9BrCl2N2. The third-order valence-electron chi connectivity index (χ3n) is 1.37. The topological polar surface area (TPSA) is 38.9 Å². The SMILES string of the molecule is Cc1cc(Cl)c(CN)nc1Br.Cl. The van der Waals surface area contributed by atoms with Crippen LogP contribution in [0.5, 0.6) is 0 Å². The van der Waals surface area contributed by atoms with Gasteiger partial charge in [-0.15, -0.1) is 12.4 Å². The summed E-state index contributed by atoms with van der Waals surface area (Å²) in [5, 5.41) is 0.633. The largest absolute Gasteiger partial charge is 0.325 e. The van der Waals surface area contributed by atoms with E-state index in [1.165, 1.54) is 0 Å². The number of hydrogen-bond acceptors (Lipinski definition) is 2. The van der Waals surface area contributed by atoms with Crippen LogP contribution >= 0.6 is 39.9 Å². The summed E-state index contributed by atoms with van der Waals surface area (Å²) in [6.45, 7) is 2.31. The molecule has 0 saturated heterocycles. The zero-order valence-electron chi connectivity index (χ0n) is 6.47. The first-order valence-corrected chi connectivity index (χ1v) is 4.34. The minimum absolute atomic E-state index is 0. The molecule has 0 bridgehead atoms. The number of aryl methyl sites for hydroxylation is 1. The number of nitrogens with two attached hydrogens (primary N) is 1. The molecule has 68 valence electrons. The van der Waals surface area contributed by atoms with Crippen molar-refractivity contribution in [3.05, 3.63) is 26.9 Å². The van der Waals surface area contributed by atoms with Crippen molar-refractivity contribution in [1.82, 2.24) is 4.98 Å². The van der Waals surface area contributed by atoms with E-state index in [9.17, 15) is 0 Å². The van der Waals surface area contributed by atoms with Gasteiger partial charge < -0.3 is 5.73 Å². The van der Waals surface area contributed by atoms with Gasteiger partial charge in [-0.05, 0) is 34.5 Å². The summed E-state index contributed by atoms with van der Waals surface area (Å²) in [5.41, 5.74) is 7.15. The molecule has 1 aromatic heterocycles. The molecule has 0 spiro atoms. The maximum Gasteiger partial charge on any atom is 0.109 e. The quantitative estimate of drug-likeness (QED) is 0.798. The Kier molecular flexibility index (Phi) is 5.09. The van der Waals surface area contributed by atoms with E-state index in [1.54, 1.807) is 0 Å². The highest BCUT2D eigenvalue weighted by molar-refractivity contribution is 9.10. The van der Waals surface area contributed by atoms with Gasteiger partial charge in [-0.1, -0.05) is 11.6 Å². The minimum Gasteiger partial charge on any atom is -0.325 e. The van der Waals surface area contributed by atoms with Crippen LogP contribution in [0.3, 0.4) is 0 Å². The van der Waals surface area contributed by atoms with Crippen molar-refractivity contribution in [2.75, 3.05) is 0 Å². The van der Waals surface area contributed by atoms with Gasteiger partial charge in [0.1, 0.15) is 4.60 Å². The molecule has 1 aromatic rings. The van der Waals surface area contributed by atoms with Gasteiger partial charge in [0.25, 0.3) is 0 Å². The summed E-state index contributed by atoms with van der Waals surface area (Å²) in [7, 11) is 0. The second-order valence-electron chi connectivity index (χ2n) is 2.23. The molecule has 0 amide bonds. The van der Waals surface area contributed by atoms with Crippen LogP contribution in [0.2, 0.25) is 5.02 Å². The molecule has 0 saturated carbocycles. The van der Waals surface area contributed by atoms with Crippen molar-refractivity contribution < 1.29 is 0 Å². The second-order valence-corrected chi connectivity index (χ2v) is 3.39. The van der Waals surface area contributed by atoms with Crippen LogP contribution in [0.4, 0.5) is 0 Å². The Bertz CT molecular complexity index is 278. The molecule has 1 heterocycles. The number of hydrogen-bond donors (Lipinski definition) is 1. The summed E-state index contributed by atoms with van der Waals surface area (Å²) < 4.78 is 0.808. The number of halogens is 3. The molecule has 2 nitrogen and oxygen atoms in total. The van der Waals surface area contributed by atoms with Gasteiger partial charge in [-0.25, -0.2) is 4.98 Å². The van der Waals surface area contributed by atoms with Crippen molar-refractivity contribution in [2.45, 2.75) is 13.5 Å². The minimum atomic E-state index is 0. The van der Waals surface area contributed by atoms with Gasteiger partial charge in [0.2, 0.25) is 0 Å². The summed E-state index contributed by atoms with van der Waals surface area (Å²) >= 11 is 9.13. The predicted molar refractivity (Wildman–Crippen MR) is 56.8 cm³/mol. The highest BCUT2D eigenvalue weighted by atomic mass is 79.9. The number of aromatic nitrogens is 1. The number of pyridine rings is 1. The normalized spacial score (nSPS) is 9.33. The molecule has 12 heavy (non-hydrogen) atoms. The van der Waals surface area contributed by atoms with Crippen molar-refractivity contribution in [1.29, 1.82) is 0 Å². The summed E-state index contributed by atoms with van der Waals surface area (Å²) in [6, 6.07) is 1.85.